The smallest absolute Gasteiger partial charge is 0.307 e. The summed E-state index contributed by atoms with van der Waals surface area (Å²) in [5.74, 6) is 0. The Labute approximate surface area is 234 Å². The van der Waals surface area contributed by atoms with Crippen LogP contribution in [0.15, 0.2) is 142 Å². The summed E-state index contributed by atoms with van der Waals surface area (Å²) in [5.41, 5.74) is 9.92. The summed E-state index contributed by atoms with van der Waals surface area (Å²) in [5, 5.41) is 4.30. The molecule has 0 saturated carbocycles. The molecule has 4 nitrogen and oxygen atoms in total. The highest BCUT2D eigenvalue weighted by Gasteiger charge is 2.22. The van der Waals surface area contributed by atoms with Gasteiger partial charge in [0.15, 0.2) is 5.58 Å². The van der Waals surface area contributed by atoms with Gasteiger partial charge in [-0.05, 0) is 52.6 Å². The fourth-order valence-corrected chi connectivity index (χ4v) is 6.22. The van der Waals surface area contributed by atoms with Gasteiger partial charge in [-0.2, -0.15) is 4.98 Å². The van der Waals surface area contributed by atoms with E-state index in [4.69, 9.17) is 13.8 Å². The molecule has 0 amide bonds. The highest BCUT2D eigenvalue weighted by molar-refractivity contribution is 6.18. The highest BCUT2D eigenvalue weighted by Crippen LogP contribution is 2.41. The second-order valence-electron chi connectivity index (χ2n) is 10.4. The standard InChI is InChI=1S/C37H22N2O2/c1-3-10-23(11-4-1)25-18-19-27-31(22-25)39(30-16-9-15-26(34(27)30)24-12-5-2-6-13-24)37-38-29-20-21-33-35(36(29)41-37)28-14-7-8-17-32(28)40-33/h1-22H. The molecule has 3 heterocycles. The normalized spacial score (nSPS) is 11.9. The summed E-state index contributed by atoms with van der Waals surface area (Å²) >= 11 is 0. The largest absolute Gasteiger partial charge is 0.456 e. The first-order chi connectivity index (χ1) is 20.3. The number of hydrogen-bond donors (Lipinski definition) is 0. The second-order valence-corrected chi connectivity index (χ2v) is 10.4. The zero-order valence-corrected chi connectivity index (χ0v) is 21.9. The summed E-state index contributed by atoms with van der Waals surface area (Å²) in [4.78, 5) is 5.05. The van der Waals surface area contributed by atoms with Gasteiger partial charge in [0.1, 0.15) is 16.7 Å². The molecule has 0 unspecified atom stereocenters. The topological polar surface area (TPSA) is 44.1 Å². The summed E-state index contributed by atoms with van der Waals surface area (Å²) < 4.78 is 15.0. The third kappa shape index (κ3) is 3.25. The molecular formula is C37H22N2O2. The lowest BCUT2D eigenvalue weighted by atomic mass is 9.98. The quantitative estimate of drug-likeness (QED) is 0.230. The maximum atomic E-state index is 6.69. The van der Waals surface area contributed by atoms with Crippen LogP contribution in [0, 0.1) is 0 Å². The predicted molar refractivity (Wildman–Crippen MR) is 166 cm³/mol. The maximum absolute atomic E-state index is 6.69. The molecule has 9 rings (SSSR count). The lowest BCUT2D eigenvalue weighted by Crippen LogP contribution is -1.94. The molecule has 0 bridgehead atoms. The van der Waals surface area contributed by atoms with Crippen molar-refractivity contribution in [2.24, 2.45) is 0 Å². The first-order valence-corrected chi connectivity index (χ1v) is 13.7. The van der Waals surface area contributed by atoms with Crippen molar-refractivity contribution in [2.75, 3.05) is 0 Å². The van der Waals surface area contributed by atoms with E-state index in [1.807, 2.05) is 36.4 Å². The third-order valence-corrected chi connectivity index (χ3v) is 8.06. The van der Waals surface area contributed by atoms with Crippen LogP contribution in [0.1, 0.15) is 0 Å². The fourth-order valence-electron chi connectivity index (χ4n) is 6.22. The first-order valence-electron chi connectivity index (χ1n) is 13.7. The number of nitrogens with zero attached hydrogens (tertiary/aromatic N) is 2. The van der Waals surface area contributed by atoms with E-state index in [9.17, 15) is 0 Å². The zero-order valence-electron chi connectivity index (χ0n) is 21.9. The van der Waals surface area contributed by atoms with Crippen LogP contribution in [0.25, 0.3) is 83.1 Å². The molecule has 0 aliphatic carbocycles. The molecule has 0 atom stereocenters. The van der Waals surface area contributed by atoms with Crippen LogP contribution in [0.3, 0.4) is 0 Å². The Balaban J connectivity index is 1.40. The van der Waals surface area contributed by atoms with E-state index in [-0.39, 0.29) is 0 Å². The van der Waals surface area contributed by atoms with E-state index in [2.05, 4.69) is 102 Å². The van der Waals surface area contributed by atoms with E-state index < -0.39 is 0 Å². The van der Waals surface area contributed by atoms with E-state index in [1.165, 1.54) is 22.1 Å². The van der Waals surface area contributed by atoms with Crippen LogP contribution in [0.5, 0.6) is 0 Å². The minimum Gasteiger partial charge on any atom is -0.456 e. The van der Waals surface area contributed by atoms with Crippen molar-refractivity contribution in [3.63, 3.8) is 0 Å². The van der Waals surface area contributed by atoms with Gasteiger partial charge in [-0.25, -0.2) is 0 Å². The number of benzene rings is 6. The number of hydrogen-bond acceptors (Lipinski definition) is 3. The SMILES string of the molecule is c1ccc(-c2ccc3c4c(-c5ccccc5)cccc4n(-c4nc5ccc6oc7ccccc7c6c5o4)c3c2)cc1. The lowest BCUT2D eigenvalue weighted by molar-refractivity contribution is 0.577. The minimum atomic E-state index is 0.535. The van der Waals surface area contributed by atoms with Gasteiger partial charge < -0.3 is 8.83 Å². The van der Waals surface area contributed by atoms with Crippen LogP contribution in [0.2, 0.25) is 0 Å². The lowest BCUT2D eigenvalue weighted by Gasteiger charge is -2.05. The van der Waals surface area contributed by atoms with Gasteiger partial charge in [0.2, 0.25) is 0 Å². The van der Waals surface area contributed by atoms with Crippen LogP contribution in [-0.4, -0.2) is 9.55 Å². The summed E-state index contributed by atoms with van der Waals surface area (Å²) in [6.45, 7) is 0. The van der Waals surface area contributed by atoms with Crippen molar-refractivity contribution in [1.29, 1.82) is 0 Å². The van der Waals surface area contributed by atoms with Crippen molar-refractivity contribution in [3.8, 4) is 28.3 Å². The van der Waals surface area contributed by atoms with Gasteiger partial charge in [-0.1, -0.05) is 103 Å². The van der Waals surface area contributed by atoms with Gasteiger partial charge >= 0.3 is 6.01 Å². The van der Waals surface area contributed by atoms with E-state index >= 15 is 0 Å². The molecule has 0 N–H and O–H groups in total. The predicted octanol–water partition coefficient (Wildman–Crippen LogP) is 10.2. The molecule has 0 aliphatic rings. The molecule has 9 aromatic rings. The van der Waals surface area contributed by atoms with Gasteiger partial charge in [0.25, 0.3) is 0 Å². The third-order valence-electron chi connectivity index (χ3n) is 8.06. The summed E-state index contributed by atoms with van der Waals surface area (Å²) in [7, 11) is 0. The molecule has 3 aromatic heterocycles. The van der Waals surface area contributed by atoms with Gasteiger partial charge in [0, 0.05) is 16.2 Å². The molecule has 0 spiro atoms. The Kier molecular flexibility index (Phi) is 4.58. The number of rotatable bonds is 3. The maximum Gasteiger partial charge on any atom is 0.307 e. The Morgan fingerprint density at radius 1 is 0.488 bits per heavy atom. The average molecular weight is 527 g/mol. The van der Waals surface area contributed by atoms with Crippen molar-refractivity contribution in [3.05, 3.63) is 133 Å². The van der Waals surface area contributed by atoms with E-state index in [1.54, 1.807) is 0 Å². The Morgan fingerprint density at radius 2 is 1.27 bits per heavy atom. The fraction of sp³-hybridized carbons (Fsp3) is 0. The minimum absolute atomic E-state index is 0.535. The Hall–Kier alpha value is -5.61. The van der Waals surface area contributed by atoms with E-state index in [0.29, 0.717) is 6.01 Å². The van der Waals surface area contributed by atoms with Crippen LogP contribution in [0.4, 0.5) is 0 Å². The molecule has 0 fully saturated rings. The molecular weight excluding hydrogens is 504 g/mol. The molecule has 4 heteroatoms. The van der Waals surface area contributed by atoms with Crippen molar-refractivity contribution in [1.82, 2.24) is 9.55 Å². The number of fused-ring (bicyclic) bond motifs is 8. The monoisotopic (exact) mass is 526 g/mol. The van der Waals surface area contributed by atoms with Gasteiger partial charge in [0.05, 0.1) is 16.4 Å². The van der Waals surface area contributed by atoms with Crippen LogP contribution >= 0.6 is 0 Å². The molecule has 0 radical (unpaired) electrons. The van der Waals surface area contributed by atoms with Crippen molar-refractivity contribution >= 4 is 54.8 Å². The van der Waals surface area contributed by atoms with Gasteiger partial charge in [-0.3, -0.25) is 4.57 Å². The number of aromatic nitrogens is 2. The van der Waals surface area contributed by atoms with Crippen LogP contribution in [-0.2, 0) is 0 Å². The number of para-hydroxylation sites is 1. The first kappa shape index (κ1) is 22.2. The Morgan fingerprint density at radius 3 is 2.12 bits per heavy atom. The van der Waals surface area contributed by atoms with Crippen molar-refractivity contribution < 1.29 is 8.83 Å². The second kappa shape index (κ2) is 8.44. The average Bonchev–Trinajstić information content (AvgIpc) is 3.72. The molecule has 6 aromatic carbocycles. The summed E-state index contributed by atoms with van der Waals surface area (Å²) in [6.07, 6.45) is 0. The molecule has 192 valence electrons. The summed E-state index contributed by atoms with van der Waals surface area (Å²) in [6, 6.07) is 46.7. The molecule has 41 heavy (non-hydrogen) atoms. The Bertz CT molecular complexity index is 2410. The molecule has 0 aliphatic heterocycles. The zero-order chi connectivity index (χ0) is 26.9. The number of furan rings is 1. The van der Waals surface area contributed by atoms with Crippen molar-refractivity contribution in [2.45, 2.75) is 0 Å². The number of oxazole rings is 1. The van der Waals surface area contributed by atoms with Crippen LogP contribution < -0.4 is 0 Å². The van der Waals surface area contributed by atoms with Gasteiger partial charge in [-0.15, -0.1) is 0 Å². The molecule has 0 saturated heterocycles. The highest BCUT2D eigenvalue weighted by atomic mass is 16.4. The van der Waals surface area contributed by atoms with E-state index in [0.717, 1.165) is 55.0 Å².